The summed E-state index contributed by atoms with van der Waals surface area (Å²) < 4.78 is 5.60. The Morgan fingerprint density at radius 1 is 1.21 bits per heavy atom. The Morgan fingerprint density at radius 3 is 2.62 bits per heavy atom. The first-order valence-corrected chi connectivity index (χ1v) is 11.2. The van der Waals surface area contributed by atoms with Gasteiger partial charge in [-0.1, -0.05) is 36.1 Å². The maximum Gasteiger partial charge on any atom is 0.269 e. The third-order valence-corrected chi connectivity index (χ3v) is 6.08. The first-order chi connectivity index (χ1) is 16.3. The number of carbonyl (C=O) groups is 3. The van der Waals surface area contributed by atoms with Crippen LogP contribution in [0.25, 0.3) is 6.08 Å². The minimum absolute atomic E-state index is 0.0481. The van der Waals surface area contributed by atoms with Crippen LogP contribution in [0.15, 0.2) is 53.4 Å². The SMILES string of the molecule is COc1cccc(C=C2SC(=S)N(CCCC(=O)NNC(=O)c3ccc([N+](=O)[O-])cc3)C2=O)c1. The van der Waals surface area contributed by atoms with Crippen molar-refractivity contribution in [2.75, 3.05) is 13.7 Å². The van der Waals surface area contributed by atoms with Crippen LogP contribution in [0.3, 0.4) is 0 Å². The molecule has 0 aliphatic carbocycles. The minimum atomic E-state index is -0.608. The molecule has 0 unspecified atom stereocenters. The predicted octanol–water partition coefficient (Wildman–Crippen LogP) is 3.05. The Kier molecular flexibility index (Phi) is 8.33. The van der Waals surface area contributed by atoms with Gasteiger partial charge in [-0.05, 0) is 42.3 Å². The number of rotatable bonds is 8. The lowest BCUT2D eigenvalue weighted by atomic mass is 10.2. The van der Waals surface area contributed by atoms with Crippen molar-refractivity contribution < 1.29 is 24.0 Å². The lowest BCUT2D eigenvalue weighted by Gasteiger charge is -2.14. The molecule has 10 nitrogen and oxygen atoms in total. The maximum absolute atomic E-state index is 12.7. The van der Waals surface area contributed by atoms with Gasteiger partial charge >= 0.3 is 0 Å². The number of carbonyl (C=O) groups excluding carboxylic acids is 3. The number of amides is 3. The van der Waals surface area contributed by atoms with Crippen molar-refractivity contribution >= 4 is 57.8 Å². The second-order valence-electron chi connectivity index (χ2n) is 7.02. The standard InChI is InChI=1S/C22H20N4O6S2/c1-32-17-5-2-4-14(12-17)13-18-21(29)25(22(33)34-18)11-3-6-19(27)23-24-20(28)15-7-9-16(10-8-15)26(30)31/h2,4-5,7-10,12-13H,3,6,11H2,1H3,(H,23,27)(H,24,28). The van der Waals surface area contributed by atoms with E-state index in [-0.39, 0.29) is 30.1 Å². The zero-order valence-electron chi connectivity index (χ0n) is 18.0. The van der Waals surface area contributed by atoms with Gasteiger partial charge in [0.1, 0.15) is 10.1 Å². The van der Waals surface area contributed by atoms with E-state index in [4.69, 9.17) is 17.0 Å². The summed E-state index contributed by atoms with van der Waals surface area (Å²) in [6.07, 6.45) is 2.12. The number of hydrogen-bond donors (Lipinski definition) is 2. The van der Waals surface area contributed by atoms with Crippen LogP contribution >= 0.6 is 24.0 Å². The quantitative estimate of drug-likeness (QED) is 0.245. The van der Waals surface area contributed by atoms with Crippen molar-refractivity contribution in [3.8, 4) is 5.75 Å². The lowest BCUT2D eigenvalue weighted by molar-refractivity contribution is -0.384. The fourth-order valence-electron chi connectivity index (χ4n) is 2.97. The number of hydrogen-bond acceptors (Lipinski definition) is 8. The molecule has 0 aromatic heterocycles. The summed E-state index contributed by atoms with van der Waals surface area (Å²) in [5.74, 6) is -0.615. The summed E-state index contributed by atoms with van der Waals surface area (Å²) in [6, 6.07) is 12.3. The highest BCUT2D eigenvalue weighted by Crippen LogP contribution is 2.33. The highest BCUT2D eigenvalue weighted by molar-refractivity contribution is 8.26. The minimum Gasteiger partial charge on any atom is -0.497 e. The Labute approximate surface area is 204 Å². The number of nitro groups is 1. The highest BCUT2D eigenvalue weighted by Gasteiger charge is 2.31. The van der Waals surface area contributed by atoms with Gasteiger partial charge < -0.3 is 4.74 Å². The largest absolute Gasteiger partial charge is 0.497 e. The van der Waals surface area contributed by atoms with Crippen LogP contribution in [0.2, 0.25) is 0 Å². The molecular weight excluding hydrogens is 480 g/mol. The number of methoxy groups -OCH3 is 1. The van der Waals surface area contributed by atoms with E-state index >= 15 is 0 Å². The average Bonchev–Trinajstić information content (AvgIpc) is 3.09. The number of ether oxygens (including phenoxy) is 1. The second-order valence-corrected chi connectivity index (χ2v) is 8.70. The molecule has 2 aromatic carbocycles. The molecular formula is C22H20N4O6S2. The van der Waals surface area contributed by atoms with Crippen LogP contribution in [0.4, 0.5) is 5.69 Å². The molecule has 3 rings (SSSR count). The van der Waals surface area contributed by atoms with E-state index in [1.807, 2.05) is 24.3 Å². The van der Waals surface area contributed by atoms with E-state index in [1.165, 1.54) is 40.9 Å². The van der Waals surface area contributed by atoms with Crippen LogP contribution in [0.5, 0.6) is 5.75 Å². The molecule has 2 aromatic rings. The zero-order valence-corrected chi connectivity index (χ0v) is 19.6. The summed E-state index contributed by atoms with van der Waals surface area (Å²) >= 11 is 6.50. The number of non-ortho nitro benzene ring substituents is 1. The third-order valence-electron chi connectivity index (χ3n) is 4.71. The van der Waals surface area contributed by atoms with Crippen LogP contribution in [-0.2, 0) is 9.59 Å². The number of nitro benzene ring substituents is 1. The monoisotopic (exact) mass is 500 g/mol. The van der Waals surface area contributed by atoms with E-state index in [2.05, 4.69) is 10.9 Å². The van der Waals surface area contributed by atoms with Gasteiger partial charge in [-0.2, -0.15) is 0 Å². The second kappa shape index (κ2) is 11.4. The fraction of sp³-hybridized carbons (Fsp3) is 0.182. The maximum atomic E-state index is 12.7. The molecule has 1 aliphatic heterocycles. The van der Waals surface area contributed by atoms with Crippen molar-refractivity contribution in [1.29, 1.82) is 0 Å². The summed E-state index contributed by atoms with van der Waals surface area (Å²) in [5.41, 5.74) is 5.35. The molecule has 1 saturated heterocycles. The average molecular weight is 501 g/mol. The van der Waals surface area contributed by atoms with E-state index in [9.17, 15) is 24.5 Å². The van der Waals surface area contributed by atoms with E-state index in [0.29, 0.717) is 21.4 Å². The molecule has 3 amide bonds. The van der Waals surface area contributed by atoms with Gasteiger partial charge in [-0.25, -0.2) is 0 Å². The van der Waals surface area contributed by atoms with Gasteiger partial charge in [-0.3, -0.25) is 40.2 Å². The van der Waals surface area contributed by atoms with Gasteiger partial charge in [0.25, 0.3) is 17.5 Å². The molecule has 1 fully saturated rings. The van der Waals surface area contributed by atoms with Crippen molar-refractivity contribution in [3.05, 3.63) is 74.7 Å². The van der Waals surface area contributed by atoms with Gasteiger partial charge in [0.2, 0.25) is 5.91 Å². The van der Waals surface area contributed by atoms with Crippen LogP contribution in [0.1, 0.15) is 28.8 Å². The molecule has 1 heterocycles. The molecule has 0 saturated carbocycles. The Balaban J connectivity index is 1.46. The number of thiocarbonyl (C=S) groups is 1. The van der Waals surface area contributed by atoms with Crippen molar-refractivity contribution in [3.63, 3.8) is 0 Å². The lowest BCUT2D eigenvalue weighted by Crippen LogP contribution is -2.41. The summed E-state index contributed by atoms with van der Waals surface area (Å²) in [5, 5.41) is 10.7. The number of hydrazine groups is 1. The zero-order chi connectivity index (χ0) is 24.7. The number of thioether (sulfide) groups is 1. The topological polar surface area (TPSA) is 131 Å². The van der Waals surface area contributed by atoms with Gasteiger partial charge in [-0.15, -0.1) is 0 Å². The molecule has 12 heteroatoms. The molecule has 176 valence electrons. The summed E-state index contributed by atoms with van der Waals surface area (Å²) in [7, 11) is 1.57. The van der Waals surface area contributed by atoms with Gasteiger partial charge in [0.05, 0.1) is 16.9 Å². The summed E-state index contributed by atoms with van der Waals surface area (Å²) in [6.45, 7) is 0.254. The molecule has 0 atom stereocenters. The van der Waals surface area contributed by atoms with Crippen LogP contribution < -0.4 is 15.6 Å². The Morgan fingerprint density at radius 2 is 1.94 bits per heavy atom. The Hall–Kier alpha value is -3.77. The number of nitrogens with zero attached hydrogens (tertiary/aromatic N) is 2. The summed E-state index contributed by atoms with van der Waals surface area (Å²) in [4.78, 5) is 48.8. The van der Waals surface area contributed by atoms with Crippen molar-refractivity contribution in [2.45, 2.75) is 12.8 Å². The van der Waals surface area contributed by atoms with Crippen molar-refractivity contribution in [1.82, 2.24) is 15.8 Å². The normalized spacial score (nSPS) is 14.3. The molecule has 0 radical (unpaired) electrons. The highest BCUT2D eigenvalue weighted by atomic mass is 32.2. The molecule has 2 N–H and O–H groups in total. The fourth-order valence-corrected chi connectivity index (χ4v) is 4.28. The van der Waals surface area contributed by atoms with Gasteiger partial charge in [0, 0.05) is 30.7 Å². The van der Waals surface area contributed by atoms with Crippen LogP contribution in [0, 0.1) is 10.1 Å². The first kappa shape index (κ1) is 24.9. The first-order valence-electron chi connectivity index (χ1n) is 10.0. The van der Waals surface area contributed by atoms with E-state index < -0.39 is 16.7 Å². The molecule has 34 heavy (non-hydrogen) atoms. The molecule has 1 aliphatic rings. The smallest absolute Gasteiger partial charge is 0.269 e. The van der Waals surface area contributed by atoms with Crippen molar-refractivity contribution in [2.24, 2.45) is 0 Å². The van der Waals surface area contributed by atoms with E-state index in [1.54, 1.807) is 13.2 Å². The van der Waals surface area contributed by atoms with Gasteiger partial charge in [0.15, 0.2) is 0 Å². The van der Waals surface area contributed by atoms with E-state index in [0.717, 1.165) is 5.56 Å². The molecule has 0 bridgehead atoms. The third kappa shape index (κ3) is 6.39. The predicted molar refractivity (Wildman–Crippen MR) is 131 cm³/mol. The molecule has 0 spiro atoms. The van der Waals surface area contributed by atoms with Crippen LogP contribution in [-0.4, -0.2) is 45.5 Å². The number of benzene rings is 2. The number of nitrogens with one attached hydrogen (secondary N) is 2. The Bertz CT molecular complexity index is 1170.